The third-order valence-electron chi connectivity index (χ3n) is 0.612. The van der Waals surface area contributed by atoms with Crippen LogP contribution in [0.4, 0.5) is 0 Å². The van der Waals surface area contributed by atoms with E-state index in [0.717, 1.165) is 0 Å². The lowest BCUT2D eigenvalue weighted by atomic mass is 11.8. The fraction of sp³-hybridized carbons (Fsp3) is 1.00. The molecule has 0 aliphatic rings. The van der Waals surface area contributed by atoms with Gasteiger partial charge >= 0.3 is 0 Å². The van der Waals surface area contributed by atoms with E-state index in [2.05, 4.69) is 58.9 Å². The van der Waals surface area contributed by atoms with Crippen molar-refractivity contribution in [1.29, 1.82) is 0 Å². The van der Waals surface area contributed by atoms with Gasteiger partial charge in [0, 0.05) is 11.7 Å². The Morgan fingerprint density at radius 3 is 0.850 bits per heavy atom. The standard InChI is InChI=1S/C6H18OSi2.C3H10OSi.C3H10Si.2CH4.2H2/c1-8(2,3)7-9(4,5)6;1-5(2,3)4;1-4(2)3;;;;/h1-6H3;4H,1-3H3;4H,1-3H3;2*1H4;2*1H/i;;;;;1+1;. The van der Waals surface area contributed by atoms with Gasteiger partial charge in [-0.25, -0.2) is 0 Å². The molecule has 6 heteroatoms. The summed E-state index contributed by atoms with van der Waals surface area (Å²) in [6, 6.07) is 0. The van der Waals surface area contributed by atoms with Crippen molar-refractivity contribution in [2.45, 2.75) is 93.4 Å². The Bertz CT molecular complexity index is 178. The second kappa shape index (κ2) is 13.5. The smallest absolute Gasteiger partial charge is 0.179 e. The van der Waals surface area contributed by atoms with Crippen molar-refractivity contribution in [3.05, 3.63) is 0 Å². The first-order valence-electron chi connectivity index (χ1n) is 6.86. The topological polar surface area (TPSA) is 29.5 Å². The highest BCUT2D eigenvalue weighted by atomic mass is 28.4. The Kier molecular flexibility index (Phi) is 22.0. The molecule has 1 N–H and O–H groups in total. The fourth-order valence-electron chi connectivity index (χ4n) is 0.919. The number of hydrogen-bond acceptors (Lipinski definition) is 2. The van der Waals surface area contributed by atoms with E-state index in [0.29, 0.717) is 0 Å². The third kappa shape index (κ3) is 129. The summed E-state index contributed by atoms with van der Waals surface area (Å²) in [5.74, 6) is 0. The van der Waals surface area contributed by atoms with Gasteiger partial charge in [0.2, 0.25) is 0 Å². The van der Waals surface area contributed by atoms with Gasteiger partial charge in [0.1, 0.15) is 0 Å². The summed E-state index contributed by atoms with van der Waals surface area (Å²) < 4.78 is 5.90. The van der Waals surface area contributed by atoms with Gasteiger partial charge in [-0.3, -0.25) is 0 Å². The van der Waals surface area contributed by atoms with Crippen molar-refractivity contribution < 1.29 is 11.8 Å². The molecule has 0 saturated heterocycles. The molecule has 20 heavy (non-hydrogen) atoms. The van der Waals surface area contributed by atoms with E-state index in [9.17, 15) is 0 Å². The van der Waals surface area contributed by atoms with Crippen molar-refractivity contribution in [3.8, 4) is 0 Å². The van der Waals surface area contributed by atoms with E-state index in [1.807, 2.05) is 19.6 Å². The van der Waals surface area contributed by atoms with Crippen molar-refractivity contribution >= 4 is 33.7 Å². The van der Waals surface area contributed by atoms with Gasteiger partial charge in [0.05, 0.1) is 0 Å². The van der Waals surface area contributed by atoms with Crippen LogP contribution in [0.1, 0.15) is 17.7 Å². The summed E-state index contributed by atoms with van der Waals surface area (Å²) in [6.07, 6.45) is 0. The van der Waals surface area contributed by atoms with Crippen LogP contribution in [0.2, 0.25) is 78.6 Å². The molecule has 0 spiro atoms. The molecule has 0 unspecified atom stereocenters. The van der Waals surface area contributed by atoms with E-state index in [4.69, 9.17) is 8.91 Å². The first-order valence-corrected chi connectivity index (χ1v) is 20.6. The molecule has 0 aromatic rings. The van der Waals surface area contributed by atoms with E-state index >= 15 is 0 Å². The molecule has 0 amide bonds. The molecule has 2 nitrogen and oxygen atoms in total. The van der Waals surface area contributed by atoms with Gasteiger partial charge < -0.3 is 8.91 Å². The molecule has 0 fully saturated rings. The van der Waals surface area contributed by atoms with Gasteiger partial charge in [0.15, 0.2) is 25.0 Å². The summed E-state index contributed by atoms with van der Waals surface area (Å²) in [7, 11) is -4.21. The molecule has 134 valence electrons. The van der Waals surface area contributed by atoms with E-state index in [1.165, 1.54) is 0 Å². The van der Waals surface area contributed by atoms with E-state index < -0.39 is 25.0 Å². The lowest BCUT2D eigenvalue weighted by Crippen LogP contribution is -2.39. The molecule has 0 aromatic carbocycles. The summed E-state index contributed by atoms with van der Waals surface area (Å²) in [6.45, 7) is 26.0. The lowest BCUT2D eigenvalue weighted by molar-refractivity contribution is 0.558. The minimum Gasteiger partial charge on any atom is -0.456 e. The molecule has 0 aromatic heterocycles. The first kappa shape index (κ1) is 32.7. The summed E-state index contributed by atoms with van der Waals surface area (Å²) in [5.41, 5.74) is 0. The van der Waals surface area contributed by atoms with Crippen LogP contribution < -0.4 is 0 Å². The second-order valence-corrected chi connectivity index (χ2v) is 25.3. The Morgan fingerprint density at radius 2 is 0.850 bits per heavy atom. The largest absolute Gasteiger partial charge is 0.456 e. The number of hydrogen-bond donors (Lipinski definition) is 1. The van der Waals surface area contributed by atoms with Gasteiger partial charge in [0.25, 0.3) is 0 Å². The van der Waals surface area contributed by atoms with E-state index in [-0.39, 0.29) is 26.5 Å². The van der Waals surface area contributed by atoms with Crippen LogP contribution in [0.5, 0.6) is 0 Å². The Labute approximate surface area is 139 Å². The Hall–Kier alpha value is 0.788. The van der Waals surface area contributed by atoms with Crippen molar-refractivity contribution in [2.75, 3.05) is 0 Å². The average Bonchev–Trinajstić information content (AvgIpc) is 1.67. The van der Waals surface area contributed by atoms with Crippen molar-refractivity contribution in [3.63, 3.8) is 0 Å². The highest BCUT2D eigenvalue weighted by Gasteiger charge is 2.24. The maximum Gasteiger partial charge on any atom is 0.179 e. The van der Waals surface area contributed by atoms with Gasteiger partial charge in [-0.15, -0.1) is 0 Å². The first-order chi connectivity index (χ1) is 7.44. The van der Waals surface area contributed by atoms with Crippen LogP contribution >= 0.6 is 0 Å². The van der Waals surface area contributed by atoms with Gasteiger partial charge in [-0.2, -0.15) is 0 Å². The molecule has 0 saturated carbocycles. The maximum atomic E-state index is 8.66. The molecule has 0 rings (SSSR count). The quantitative estimate of drug-likeness (QED) is 0.579. The second-order valence-electron chi connectivity index (χ2n) is 8.23. The molecule has 0 atom stereocenters. The van der Waals surface area contributed by atoms with Crippen LogP contribution in [0.15, 0.2) is 0 Å². The summed E-state index contributed by atoms with van der Waals surface area (Å²) in [5, 5.41) is 0. The lowest BCUT2D eigenvalue weighted by Gasteiger charge is -2.27. The van der Waals surface area contributed by atoms with Crippen LogP contribution in [-0.4, -0.2) is 38.5 Å². The van der Waals surface area contributed by atoms with Crippen molar-refractivity contribution in [2.24, 2.45) is 0 Å². The SMILES string of the molecule is C.C.C[SiH](C)C.C[Si](C)(C)O.C[Si](C)(C)O[Si](C)(C)C.[2HH].[HH]. The van der Waals surface area contributed by atoms with Crippen LogP contribution in [0, 0.1) is 0 Å². The maximum absolute atomic E-state index is 8.66. The Morgan fingerprint density at radius 1 is 0.750 bits per heavy atom. The molecule has 0 bridgehead atoms. The fourth-order valence-corrected chi connectivity index (χ4v) is 8.27. The molecule has 0 aliphatic carbocycles. The minimum absolute atomic E-state index is 0. The Balaban J connectivity index is -0.0000000305. The zero-order valence-corrected chi connectivity index (χ0v) is 19.1. The van der Waals surface area contributed by atoms with Crippen LogP contribution in [0.25, 0.3) is 0 Å². The highest BCUT2D eigenvalue weighted by Crippen LogP contribution is 2.12. The highest BCUT2D eigenvalue weighted by molar-refractivity contribution is 6.83. The van der Waals surface area contributed by atoms with Gasteiger partial charge in [-0.05, 0) is 58.9 Å². The molecular weight excluding hydrogens is 312 g/mol. The van der Waals surface area contributed by atoms with Crippen molar-refractivity contribution in [1.82, 2.24) is 0 Å². The molecule has 0 radical (unpaired) electrons. The zero-order chi connectivity index (χ0) is 15.8. The summed E-state index contributed by atoms with van der Waals surface area (Å²) >= 11 is 0. The predicted octanol–water partition coefficient (Wildman–Crippen LogP) is 6.35. The average molecular weight is 364 g/mol. The minimum atomic E-state index is -1.61. The molecular formula is C14H50O2Si4. The van der Waals surface area contributed by atoms with E-state index in [1.54, 1.807) is 0 Å². The monoisotopic (exact) mass is 363 g/mol. The number of rotatable bonds is 2. The zero-order valence-electron chi connectivity index (χ0n) is 14.9. The van der Waals surface area contributed by atoms with Crippen LogP contribution in [0.3, 0.4) is 0 Å². The van der Waals surface area contributed by atoms with Gasteiger partial charge in [-0.1, -0.05) is 34.5 Å². The van der Waals surface area contributed by atoms with Crippen LogP contribution in [-0.2, 0) is 4.12 Å². The normalized spacial score (nSPS) is 11.1. The molecule has 0 aliphatic heterocycles. The molecule has 0 heterocycles. The predicted molar refractivity (Wildman–Crippen MR) is 116 cm³/mol. The summed E-state index contributed by atoms with van der Waals surface area (Å²) in [4.78, 5) is 8.66. The third-order valence-corrected chi connectivity index (χ3v) is 5.51.